The van der Waals surface area contributed by atoms with Gasteiger partial charge in [0, 0.05) is 17.0 Å². The highest BCUT2D eigenvalue weighted by atomic mass is 14.8. The highest BCUT2D eigenvalue weighted by Gasteiger charge is 2.11. The van der Waals surface area contributed by atoms with E-state index in [0.29, 0.717) is 5.92 Å². The van der Waals surface area contributed by atoms with E-state index in [1.807, 2.05) is 6.20 Å². The van der Waals surface area contributed by atoms with E-state index in [4.69, 9.17) is 9.97 Å². The quantitative estimate of drug-likeness (QED) is 0.453. The second-order valence-electron chi connectivity index (χ2n) is 5.74. The van der Waals surface area contributed by atoms with Crippen molar-refractivity contribution < 1.29 is 0 Å². The molecule has 0 radical (unpaired) electrons. The predicted octanol–water partition coefficient (Wildman–Crippen LogP) is 5.06. The smallest absolute Gasteiger partial charge is 0.0975 e. The van der Waals surface area contributed by atoms with E-state index in [0.717, 1.165) is 16.7 Å². The maximum Gasteiger partial charge on any atom is 0.0975 e. The van der Waals surface area contributed by atoms with Crippen molar-refractivity contribution in [2.45, 2.75) is 19.8 Å². The zero-order valence-corrected chi connectivity index (χ0v) is 12.2. The number of hydrogen-bond donors (Lipinski definition) is 0. The summed E-state index contributed by atoms with van der Waals surface area (Å²) in [6.07, 6.45) is 1.91. The molecule has 0 amide bonds. The van der Waals surface area contributed by atoms with Crippen LogP contribution in [-0.2, 0) is 0 Å². The van der Waals surface area contributed by atoms with Crippen LogP contribution in [0.15, 0.2) is 54.7 Å². The van der Waals surface area contributed by atoms with Crippen molar-refractivity contribution in [1.29, 1.82) is 0 Å². The van der Waals surface area contributed by atoms with Crippen molar-refractivity contribution in [2.24, 2.45) is 0 Å². The number of fused-ring (bicyclic) bond motifs is 6. The zero-order chi connectivity index (χ0) is 14.4. The summed E-state index contributed by atoms with van der Waals surface area (Å²) in [5.41, 5.74) is 3.05. The van der Waals surface area contributed by atoms with Gasteiger partial charge in [-0.2, -0.15) is 0 Å². The first kappa shape index (κ1) is 12.3. The number of rotatable bonds is 1. The summed E-state index contributed by atoms with van der Waals surface area (Å²) >= 11 is 0. The van der Waals surface area contributed by atoms with E-state index in [-0.39, 0.29) is 0 Å². The Morgan fingerprint density at radius 3 is 1.81 bits per heavy atom. The van der Waals surface area contributed by atoms with Gasteiger partial charge in [0.15, 0.2) is 0 Å². The Balaban J connectivity index is 2.30. The van der Waals surface area contributed by atoms with Gasteiger partial charge in [0.05, 0.1) is 16.7 Å². The van der Waals surface area contributed by atoms with E-state index in [9.17, 15) is 0 Å². The van der Waals surface area contributed by atoms with Gasteiger partial charge >= 0.3 is 0 Å². The average molecular weight is 272 g/mol. The van der Waals surface area contributed by atoms with Gasteiger partial charge in [0.25, 0.3) is 0 Å². The highest BCUT2D eigenvalue weighted by molar-refractivity contribution is 6.22. The van der Waals surface area contributed by atoms with Crippen LogP contribution >= 0.6 is 0 Å². The maximum atomic E-state index is 4.89. The molecule has 0 saturated carbocycles. The van der Waals surface area contributed by atoms with Crippen LogP contribution < -0.4 is 0 Å². The molecule has 0 fully saturated rings. The lowest BCUT2D eigenvalue weighted by molar-refractivity contribution is 0.822. The van der Waals surface area contributed by atoms with E-state index >= 15 is 0 Å². The predicted molar refractivity (Wildman–Crippen MR) is 88.6 cm³/mol. The first-order valence-electron chi connectivity index (χ1n) is 7.32. The third-order valence-corrected chi connectivity index (χ3v) is 4.04. The van der Waals surface area contributed by atoms with Crippen LogP contribution in [0.25, 0.3) is 32.6 Å². The van der Waals surface area contributed by atoms with Crippen LogP contribution in [0.5, 0.6) is 0 Å². The van der Waals surface area contributed by atoms with Crippen LogP contribution in [0, 0.1) is 0 Å². The normalized spacial score (nSPS) is 11.8. The Hall–Kier alpha value is -2.48. The molecule has 21 heavy (non-hydrogen) atoms. The third kappa shape index (κ3) is 1.79. The number of nitrogens with zero attached hydrogens (tertiary/aromatic N) is 2. The molecule has 0 atom stereocenters. The molecule has 0 aliphatic rings. The molecular formula is C19H16N2. The molecule has 2 heteroatoms. The molecule has 0 N–H and O–H groups in total. The third-order valence-electron chi connectivity index (χ3n) is 4.04. The Morgan fingerprint density at radius 1 is 0.714 bits per heavy atom. The van der Waals surface area contributed by atoms with Gasteiger partial charge in [-0.1, -0.05) is 62.4 Å². The minimum atomic E-state index is 0.382. The summed E-state index contributed by atoms with van der Waals surface area (Å²) in [6, 6.07) is 16.9. The van der Waals surface area contributed by atoms with Gasteiger partial charge in [-0.05, 0) is 16.7 Å². The van der Waals surface area contributed by atoms with Crippen molar-refractivity contribution in [1.82, 2.24) is 9.97 Å². The van der Waals surface area contributed by atoms with Gasteiger partial charge in [-0.15, -0.1) is 0 Å². The second-order valence-corrected chi connectivity index (χ2v) is 5.74. The molecule has 2 nitrogen and oxygen atoms in total. The molecule has 3 aromatic carbocycles. The standard InChI is InChI=1S/C19H16N2/c1-12(2)17-11-20-18-15-9-5-3-7-13(15)14-8-4-6-10-16(14)19(18)21-17/h3-12H,1-2H3. The molecule has 4 rings (SSSR count). The first-order valence-corrected chi connectivity index (χ1v) is 7.32. The molecule has 1 heterocycles. The summed E-state index contributed by atoms with van der Waals surface area (Å²) in [7, 11) is 0. The van der Waals surface area contributed by atoms with Crippen LogP contribution in [-0.4, -0.2) is 9.97 Å². The van der Waals surface area contributed by atoms with Crippen LogP contribution in [0.1, 0.15) is 25.5 Å². The fourth-order valence-electron chi connectivity index (χ4n) is 2.91. The van der Waals surface area contributed by atoms with Gasteiger partial charge in [0.1, 0.15) is 0 Å². The molecule has 0 saturated heterocycles. The molecule has 0 aliphatic heterocycles. The van der Waals surface area contributed by atoms with Crippen molar-refractivity contribution >= 4 is 32.6 Å². The molecular weight excluding hydrogens is 256 g/mol. The zero-order valence-electron chi connectivity index (χ0n) is 12.2. The van der Waals surface area contributed by atoms with E-state index in [1.54, 1.807) is 0 Å². The SMILES string of the molecule is CC(C)c1cnc2c3ccccc3c3ccccc3c2n1. The van der Waals surface area contributed by atoms with Crippen LogP contribution in [0.3, 0.4) is 0 Å². The summed E-state index contributed by atoms with van der Waals surface area (Å²) < 4.78 is 0. The van der Waals surface area contributed by atoms with Gasteiger partial charge in [0.2, 0.25) is 0 Å². The molecule has 102 valence electrons. The van der Waals surface area contributed by atoms with E-state index < -0.39 is 0 Å². The lowest BCUT2D eigenvalue weighted by Gasteiger charge is -2.11. The molecule has 1 aromatic heterocycles. The summed E-state index contributed by atoms with van der Waals surface area (Å²) in [4.78, 5) is 9.61. The summed E-state index contributed by atoms with van der Waals surface area (Å²) in [5.74, 6) is 0.382. The fourth-order valence-corrected chi connectivity index (χ4v) is 2.91. The molecule has 0 aliphatic carbocycles. The fraction of sp³-hybridized carbons (Fsp3) is 0.158. The minimum Gasteiger partial charge on any atom is -0.252 e. The molecule has 0 bridgehead atoms. The topological polar surface area (TPSA) is 25.8 Å². The lowest BCUT2D eigenvalue weighted by atomic mass is 9.99. The highest BCUT2D eigenvalue weighted by Crippen LogP contribution is 2.33. The number of aromatic nitrogens is 2. The van der Waals surface area contributed by atoms with Gasteiger partial charge in [-0.25, -0.2) is 4.98 Å². The second kappa shape index (κ2) is 4.52. The van der Waals surface area contributed by atoms with Crippen LogP contribution in [0.2, 0.25) is 0 Å². The first-order chi connectivity index (χ1) is 10.3. The largest absolute Gasteiger partial charge is 0.252 e. The summed E-state index contributed by atoms with van der Waals surface area (Å²) in [5, 5.41) is 4.85. The van der Waals surface area contributed by atoms with Gasteiger partial charge < -0.3 is 0 Å². The molecule has 0 unspecified atom stereocenters. The van der Waals surface area contributed by atoms with Crippen molar-refractivity contribution in [2.75, 3.05) is 0 Å². The van der Waals surface area contributed by atoms with Crippen molar-refractivity contribution in [3.63, 3.8) is 0 Å². The summed E-state index contributed by atoms with van der Waals surface area (Å²) in [6.45, 7) is 4.30. The number of hydrogen-bond acceptors (Lipinski definition) is 2. The minimum absolute atomic E-state index is 0.382. The Kier molecular flexibility index (Phi) is 2.64. The number of benzene rings is 3. The maximum absolute atomic E-state index is 4.89. The Bertz CT molecular complexity index is 936. The Labute approximate surface area is 123 Å². The average Bonchev–Trinajstić information content (AvgIpc) is 2.54. The Morgan fingerprint density at radius 2 is 1.24 bits per heavy atom. The monoisotopic (exact) mass is 272 g/mol. The molecule has 0 spiro atoms. The van der Waals surface area contributed by atoms with Gasteiger partial charge in [-0.3, -0.25) is 4.98 Å². The van der Waals surface area contributed by atoms with Crippen molar-refractivity contribution in [3.8, 4) is 0 Å². The molecule has 4 aromatic rings. The van der Waals surface area contributed by atoms with Crippen molar-refractivity contribution in [3.05, 3.63) is 60.4 Å². The van der Waals surface area contributed by atoms with Crippen LogP contribution in [0.4, 0.5) is 0 Å². The van der Waals surface area contributed by atoms with E-state index in [2.05, 4.69) is 62.4 Å². The van der Waals surface area contributed by atoms with E-state index in [1.165, 1.54) is 21.5 Å². The lowest BCUT2D eigenvalue weighted by Crippen LogP contribution is -1.96.